The van der Waals surface area contributed by atoms with Crippen LogP contribution >= 0.6 is 11.6 Å². The summed E-state index contributed by atoms with van der Waals surface area (Å²) < 4.78 is 13.3. The summed E-state index contributed by atoms with van der Waals surface area (Å²) in [5.41, 5.74) is 2.02. The van der Waals surface area contributed by atoms with E-state index in [1.54, 1.807) is 24.3 Å². The predicted octanol–water partition coefficient (Wildman–Crippen LogP) is 4.40. The van der Waals surface area contributed by atoms with Crippen molar-refractivity contribution >= 4 is 40.1 Å². The Morgan fingerprint density at radius 2 is 1.75 bits per heavy atom. The van der Waals surface area contributed by atoms with Crippen LogP contribution in [0, 0.1) is 5.82 Å². The monoisotopic (exact) mass is 512 g/mol. The van der Waals surface area contributed by atoms with Gasteiger partial charge in [-0.25, -0.2) is 4.39 Å². The first-order valence-electron chi connectivity index (χ1n) is 12.0. The lowest BCUT2D eigenvalue weighted by Gasteiger charge is -2.38. The molecule has 0 radical (unpaired) electrons. The molecule has 0 saturated heterocycles. The number of carbonyl (C=O) groups excluding carboxylic acids is 3. The minimum absolute atomic E-state index is 0.0916. The maximum Gasteiger partial charge on any atom is 0.294 e. The number of nitrogens with zero attached hydrogens (tertiary/aromatic N) is 2. The molecule has 1 saturated carbocycles. The van der Waals surface area contributed by atoms with Gasteiger partial charge in [-0.3, -0.25) is 19.3 Å². The molecule has 3 aromatic rings. The third kappa shape index (κ3) is 5.44. The van der Waals surface area contributed by atoms with Gasteiger partial charge in [-0.2, -0.15) is 0 Å². The van der Waals surface area contributed by atoms with Crippen LogP contribution in [0.5, 0.6) is 0 Å². The summed E-state index contributed by atoms with van der Waals surface area (Å²) in [6.45, 7) is 0.638. The Morgan fingerprint density at radius 3 is 2.44 bits per heavy atom. The van der Waals surface area contributed by atoms with Crippen LogP contribution in [-0.4, -0.2) is 65.6 Å². The van der Waals surface area contributed by atoms with Crippen molar-refractivity contribution in [1.82, 2.24) is 20.1 Å². The summed E-state index contributed by atoms with van der Waals surface area (Å²) in [6, 6.07) is 9.63. The van der Waals surface area contributed by atoms with Crippen LogP contribution in [0.25, 0.3) is 10.9 Å². The number of aromatic amines is 1. The van der Waals surface area contributed by atoms with Crippen LogP contribution in [0.4, 0.5) is 4.39 Å². The minimum Gasteiger partial charge on any atom is -0.360 e. The van der Waals surface area contributed by atoms with E-state index in [4.69, 9.17) is 11.6 Å². The quantitative estimate of drug-likeness (QED) is 0.363. The number of benzene rings is 2. The maximum absolute atomic E-state index is 13.4. The number of nitrogens with one attached hydrogen (secondary N) is 2. The highest BCUT2D eigenvalue weighted by Crippen LogP contribution is 2.29. The van der Waals surface area contributed by atoms with Crippen molar-refractivity contribution < 1.29 is 18.8 Å². The molecule has 1 aliphatic rings. The minimum atomic E-state index is -0.658. The Kier molecular flexibility index (Phi) is 7.76. The summed E-state index contributed by atoms with van der Waals surface area (Å²) in [5.74, 6) is -1.90. The van der Waals surface area contributed by atoms with Gasteiger partial charge in [-0.05, 0) is 49.7 Å². The molecular weight excluding hydrogens is 483 g/mol. The number of carbonyl (C=O) groups is 3. The number of ketones is 1. The topological polar surface area (TPSA) is 85.5 Å². The number of fused-ring (bicyclic) bond motifs is 1. The summed E-state index contributed by atoms with van der Waals surface area (Å²) in [6.07, 6.45) is 5.29. The number of halogens is 2. The van der Waals surface area contributed by atoms with E-state index < -0.39 is 11.7 Å². The van der Waals surface area contributed by atoms with E-state index in [1.165, 1.54) is 37.3 Å². The van der Waals surface area contributed by atoms with Crippen molar-refractivity contribution in [2.24, 2.45) is 0 Å². The fraction of sp³-hybridized carbons (Fsp3) is 0.370. The first-order valence-corrected chi connectivity index (χ1v) is 12.4. The highest BCUT2D eigenvalue weighted by atomic mass is 35.5. The second kappa shape index (κ2) is 10.8. The zero-order valence-corrected chi connectivity index (χ0v) is 21.4. The summed E-state index contributed by atoms with van der Waals surface area (Å²) in [5, 5.41) is 3.88. The molecule has 36 heavy (non-hydrogen) atoms. The number of aromatic nitrogens is 1. The summed E-state index contributed by atoms with van der Waals surface area (Å²) in [4.78, 5) is 44.6. The van der Waals surface area contributed by atoms with Gasteiger partial charge in [-0.1, -0.05) is 36.6 Å². The van der Waals surface area contributed by atoms with Crippen LogP contribution in [-0.2, 0) is 11.3 Å². The summed E-state index contributed by atoms with van der Waals surface area (Å²) >= 11 is 6.45. The molecule has 4 rings (SSSR count). The molecule has 2 N–H and O–H groups in total. The van der Waals surface area contributed by atoms with Gasteiger partial charge in [-0.15, -0.1) is 0 Å². The van der Waals surface area contributed by atoms with Gasteiger partial charge in [0.1, 0.15) is 5.82 Å². The average Bonchev–Trinajstić information content (AvgIpc) is 3.26. The van der Waals surface area contributed by atoms with Crippen molar-refractivity contribution in [3.63, 3.8) is 0 Å². The largest absolute Gasteiger partial charge is 0.360 e. The van der Waals surface area contributed by atoms with Crippen molar-refractivity contribution in [1.29, 1.82) is 0 Å². The molecule has 7 nitrogen and oxygen atoms in total. The predicted molar refractivity (Wildman–Crippen MR) is 138 cm³/mol. The second-order valence-corrected chi connectivity index (χ2v) is 9.99. The van der Waals surface area contributed by atoms with Gasteiger partial charge < -0.3 is 15.2 Å². The first-order chi connectivity index (χ1) is 17.2. The molecule has 190 valence electrons. The number of Topliss-reactive ketones (excluding diaryl/α,β-unsaturated/α-hetero) is 1. The normalized spacial score (nSPS) is 17.8. The first kappa shape index (κ1) is 25.9. The van der Waals surface area contributed by atoms with Crippen molar-refractivity contribution in [3.05, 3.63) is 70.1 Å². The maximum atomic E-state index is 13.4. The van der Waals surface area contributed by atoms with Crippen molar-refractivity contribution in [2.45, 2.75) is 44.3 Å². The van der Waals surface area contributed by atoms with E-state index in [1.807, 2.05) is 7.05 Å². The number of amides is 2. The fourth-order valence-corrected chi connectivity index (χ4v) is 5.12. The number of hydrogen-bond acceptors (Lipinski definition) is 4. The van der Waals surface area contributed by atoms with Crippen LogP contribution < -0.4 is 5.32 Å². The van der Waals surface area contributed by atoms with Gasteiger partial charge in [0.25, 0.3) is 17.6 Å². The highest BCUT2D eigenvalue weighted by molar-refractivity contribution is 6.45. The Labute approximate surface area is 214 Å². The Morgan fingerprint density at radius 1 is 1.06 bits per heavy atom. The molecule has 1 aromatic heterocycles. The smallest absolute Gasteiger partial charge is 0.294 e. The van der Waals surface area contributed by atoms with E-state index in [2.05, 4.69) is 15.2 Å². The molecule has 0 unspecified atom stereocenters. The van der Waals surface area contributed by atoms with Crippen LogP contribution in [0.2, 0.25) is 5.02 Å². The van der Waals surface area contributed by atoms with E-state index in [0.29, 0.717) is 17.4 Å². The fourth-order valence-electron chi connectivity index (χ4n) is 4.87. The van der Waals surface area contributed by atoms with E-state index >= 15 is 0 Å². The molecule has 2 atom stereocenters. The number of hydrogen-bond donors (Lipinski definition) is 2. The van der Waals surface area contributed by atoms with Crippen LogP contribution in [0.3, 0.4) is 0 Å². The molecule has 0 spiro atoms. The lowest BCUT2D eigenvalue weighted by molar-refractivity contribution is -0.124. The van der Waals surface area contributed by atoms with E-state index in [9.17, 15) is 18.8 Å². The van der Waals surface area contributed by atoms with E-state index in [-0.39, 0.29) is 40.0 Å². The molecule has 1 heterocycles. The lowest BCUT2D eigenvalue weighted by Crippen LogP contribution is -2.52. The molecule has 2 amide bonds. The van der Waals surface area contributed by atoms with Crippen molar-refractivity contribution in [2.75, 3.05) is 21.1 Å². The average molecular weight is 513 g/mol. The molecule has 0 bridgehead atoms. The molecular formula is C27H30ClFN4O3. The van der Waals surface area contributed by atoms with Gasteiger partial charge in [0.2, 0.25) is 0 Å². The highest BCUT2D eigenvalue weighted by Gasteiger charge is 2.31. The van der Waals surface area contributed by atoms with Gasteiger partial charge in [0.05, 0.1) is 16.1 Å². The summed E-state index contributed by atoms with van der Waals surface area (Å²) in [7, 11) is 5.04. The molecule has 9 heteroatoms. The van der Waals surface area contributed by atoms with Crippen LogP contribution in [0.1, 0.15) is 52.0 Å². The standard InChI is InChI=1S/C27H30ClFN4O3/c1-32(2)27(36)25(34)20-14-30-23-13-21(28)19(12-18(20)23)26(35)31-22-6-4-5-7-24(22)33(3)15-16-8-10-17(29)11-9-16/h8-14,22,24,30H,4-7,15H2,1-3H3,(H,31,35)/t22-,24-/m1/s1. The lowest BCUT2D eigenvalue weighted by atomic mass is 9.88. The van der Waals surface area contributed by atoms with Gasteiger partial charge in [0, 0.05) is 49.8 Å². The molecule has 0 aliphatic heterocycles. The Hall–Kier alpha value is -3.23. The number of likely N-dealkylation sites (N-methyl/N-ethyl adjacent to an activating group) is 2. The zero-order valence-electron chi connectivity index (χ0n) is 20.6. The third-order valence-corrected chi connectivity index (χ3v) is 7.13. The van der Waals surface area contributed by atoms with Gasteiger partial charge >= 0.3 is 0 Å². The van der Waals surface area contributed by atoms with Crippen molar-refractivity contribution in [3.8, 4) is 0 Å². The van der Waals surface area contributed by atoms with E-state index in [0.717, 1.165) is 31.2 Å². The zero-order chi connectivity index (χ0) is 26.0. The Balaban J connectivity index is 1.55. The SMILES string of the molecule is CN(C)C(=O)C(=O)c1c[nH]c2cc(Cl)c(C(=O)N[C@@H]3CCCC[C@H]3N(C)Cc3ccc(F)cc3)cc12. The number of rotatable bonds is 7. The molecule has 2 aromatic carbocycles. The molecule has 1 fully saturated rings. The third-order valence-electron chi connectivity index (χ3n) is 6.82. The van der Waals surface area contributed by atoms with Gasteiger partial charge in [0.15, 0.2) is 0 Å². The second-order valence-electron chi connectivity index (χ2n) is 9.58. The Bertz CT molecular complexity index is 1290. The molecule has 1 aliphatic carbocycles. The number of H-pyrrole nitrogens is 1. The van der Waals surface area contributed by atoms with Crippen LogP contribution in [0.15, 0.2) is 42.6 Å².